The minimum Gasteiger partial charge on any atom is -0.482 e. The van der Waals surface area contributed by atoms with Gasteiger partial charge in [0, 0.05) is 13.1 Å². The molecule has 0 heterocycles. The molecule has 0 saturated heterocycles. The molecule has 0 saturated carbocycles. The number of carbonyl (C=O) groups excluding carboxylic acids is 1. The number of amides is 1. The summed E-state index contributed by atoms with van der Waals surface area (Å²) in [5.41, 5.74) is -0.111. The first-order chi connectivity index (χ1) is 14.4. The number of aryl methyl sites for hydroxylation is 1. The summed E-state index contributed by atoms with van der Waals surface area (Å²) in [6.07, 6.45) is -4.59. The second-order valence-electron chi connectivity index (χ2n) is 6.59. The lowest BCUT2D eigenvalue weighted by Crippen LogP contribution is -2.31. The van der Waals surface area contributed by atoms with Crippen LogP contribution in [0.5, 0.6) is 5.75 Å². The lowest BCUT2D eigenvalue weighted by molar-refractivity contribution is -0.153. The highest BCUT2D eigenvalue weighted by Gasteiger charge is 2.29. The molecule has 0 bridgehead atoms. The monoisotopic (exact) mass is 462 g/mol. The first kappa shape index (κ1) is 24.6. The van der Waals surface area contributed by atoms with E-state index in [1.807, 2.05) is 0 Å². The molecule has 170 valence electrons. The molecule has 0 radical (unpaired) electrons. The molecule has 0 fully saturated rings. The number of ether oxygens (including phenoxy) is 1. The number of sulfonamides is 1. The average molecular weight is 462 g/mol. The number of hydrogen-bond acceptors (Lipinski definition) is 4. The molecule has 1 N–H and O–H groups in total. The van der Waals surface area contributed by atoms with E-state index >= 15 is 0 Å². The van der Waals surface area contributed by atoms with Gasteiger partial charge in [0.05, 0.1) is 16.1 Å². The third-order valence-corrected chi connectivity index (χ3v) is 6.35. The van der Waals surface area contributed by atoms with Gasteiger partial charge in [0.15, 0.2) is 6.61 Å². The number of alkyl halides is 3. The topological polar surface area (TPSA) is 75.7 Å². The molecule has 6 nitrogen and oxygen atoms in total. The van der Waals surface area contributed by atoms with Crippen molar-refractivity contribution in [3.63, 3.8) is 0 Å². The molecule has 2 aromatic carbocycles. The number of carbonyl (C=O) groups is 1. The van der Waals surface area contributed by atoms with Gasteiger partial charge in [-0.05, 0) is 42.8 Å². The number of hydrogen-bond donors (Lipinski definition) is 1. The third kappa shape index (κ3) is 6.17. The van der Waals surface area contributed by atoms with E-state index < -0.39 is 40.1 Å². The van der Waals surface area contributed by atoms with E-state index in [1.165, 1.54) is 18.2 Å². The van der Waals surface area contributed by atoms with Gasteiger partial charge in [-0.1, -0.05) is 19.9 Å². The van der Waals surface area contributed by atoms with Gasteiger partial charge in [-0.2, -0.15) is 17.5 Å². The Labute approximate surface area is 177 Å². The van der Waals surface area contributed by atoms with Crippen LogP contribution in [0.4, 0.5) is 23.2 Å². The number of halogens is 4. The molecule has 11 heteroatoms. The van der Waals surface area contributed by atoms with Crippen LogP contribution in [0.3, 0.4) is 0 Å². The Bertz CT molecular complexity index is 1050. The fourth-order valence-corrected chi connectivity index (χ4v) is 4.24. The normalized spacial score (nSPS) is 12.1. The largest absolute Gasteiger partial charge is 0.482 e. The second kappa shape index (κ2) is 9.65. The Morgan fingerprint density at radius 1 is 1.10 bits per heavy atom. The van der Waals surface area contributed by atoms with Crippen LogP contribution in [0.1, 0.15) is 29.8 Å². The van der Waals surface area contributed by atoms with E-state index in [-0.39, 0.29) is 29.4 Å². The number of anilines is 1. The predicted molar refractivity (Wildman–Crippen MR) is 107 cm³/mol. The van der Waals surface area contributed by atoms with E-state index in [9.17, 15) is 30.8 Å². The summed E-state index contributed by atoms with van der Waals surface area (Å²) >= 11 is 0. The van der Waals surface area contributed by atoms with Crippen molar-refractivity contribution in [2.75, 3.05) is 25.0 Å². The highest BCUT2D eigenvalue weighted by atomic mass is 32.2. The van der Waals surface area contributed by atoms with Crippen molar-refractivity contribution in [1.29, 1.82) is 0 Å². The molecule has 1 amide bonds. The summed E-state index contributed by atoms with van der Waals surface area (Å²) in [5, 5.41) is 2.29. The minimum atomic E-state index is -4.59. The van der Waals surface area contributed by atoms with Crippen molar-refractivity contribution in [2.24, 2.45) is 0 Å². The molecule has 31 heavy (non-hydrogen) atoms. The van der Waals surface area contributed by atoms with Gasteiger partial charge in [-0.15, -0.1) is 0 Å². The molecule has 0 aliphatic rings. The smallest absolute Gasteiger partial charge is 0.422 e. The van der Waals surface area contributed by atoms with Crippen LogP contribution >= 0.6 is 0 Å². The zero-order chi connectivity index (χ0) is 23.4. The first-order valence-electron chi connectivity index (χ1n) is 9.30. The van der Waals surface area contributed by atoms with Crippen LogP contribution < -0.4 is 10.1 Å². The first-order valence-corrected chi connectivity index (χ1v) is 10.7. The summed E-state index contributed by atoms with van der Waals surface area (Å²) in [5.74, 6) is -2.27. The van der Waals surface area contributed by atoms with Crippen molar-refractivity contribution >= 4 is 21.6 Å². The fraction of sp³-hybridized carbons (Fsp3) is 0.350. The van der Waals surface area contributed by atoms with Gasteiger partial charge < -0.3 is 10.1 Å². The molecule has 2 rings (SSSR count). The Morgan fingerprint density at radius 3 is 2.32 bits per heavy atom. The Balaban J connectivity index is 2.37. The predicted octanol–water partition coefficient (Wildman–Crippen LogP) is 4.36. The minimum absolute atomic E-state index is 0.115. The maximum Gasteiger partial charge on any atom is 0.422 e. The van der Waals surface area contributed by atoms with Crippen molar-refractivity contribution < 1.29 is 35.5 Å². The molecule has 0 unspecified atom stereocenters. The third-order valence-electron chi connectivity index (χ3n) is 4.30. The van der Waals surface area contributed by atoms with E-state index in [4.69, 9.17) is 4.74 Å². The molecular formula is C20H22F4N2O4S. The SMILES string of the molecule is CCN(CC)S(=O)(=O)c1ccc(F)c(C(=O)Nc2ccc(C)cc2OCC(F)(F)F)c1. The molecule has 2 aromatic rings. The second-order valence-corrected chi connectivity index (χ2v) is 8.53. The zero-order valence-corrected chi connectivity index (χ0v) is 17.9. The number of nitrogens with one attached hydrogen (secondary N) is 1. The maximum atomic E-state index is 14.3. The number of nitrogens with zero attached hydrogens (tertiary/aromatic N) is 1. The number of rotatable bonds is 8. The molecule has 0 spiro atoms. The van der Waals surface area contributed by atoms with Crippen molar-refractivity contribution in [3.8, 4) is 5.75 Å². The highest BCUT2D eigenvalue weighted by Crippen LogP contribution is 2.29. The van der Waals surface area contributed by atoms with Crippen LogP contribution in [0.25, 0.3) is 0 Å². The lowest BCUT2D eigenvalue weighted by atomic mass is 10.1. The molecule has 0 aromatic heterocycles. The molecule has 0 aliphatic heterocycles. The zero-order valence-electron chi connectivity index (χ0n) is 17.1. The summed E-state index contributed by atoms with van der Waals surface area (Å²) < 4.78 is 83.0. The lowest BCUT2D eigenvalue weighted by Gasteiger charge is -2.19. The number of benzene rings is 2. The van der Waals surface area contributed by atoms with Gasteiger partial charge >= 0.3 is 6.18 Å². The van der Waals surface area contributed by atoms with Gasteiger partial charge in [0.1, 0.15) is 11.6 Å². The van der Waals surface area contributed by atoms with Gasteiger partial charge in [0.2, 0.25) is 10.0 Å². The van der Waals surface area contributed by atoms with E-state index in [0.29, 0.717) is 5.56 Å². The maximum absolute atomic E-state index is 14.3. The molecular weight excluding hydrogens is 440 g/mol. The molecule has 0 aliphatic carbocycles. The molecule has 0 atom stereocenters. The average Bonchev–Trinajstić information content (AvgIpc) is 2.68. The summed E-state index contributed by atoms with van der Waals surface area (Å²) in [7, 11) is -3.95. The van der Waals surface area contributed by atoms with Crippen molar-refractivity contribution in [2.45, 2.75) is 31.8 Å². The van der Waals surface area contributed by atoms with E-state index in [1.54, 1.807) is 20.8 Å². The van der Waals surface area contributed by atoms with Crippen LogP contribution in [-0.4, -0.2) is 44.5 Å². The van der Waals surface area contributed by atoms with Crippen molar-refractivity contribution in [3.05, 3.63) is 53.3 Å². The summed E-state index contributed by atoms with van der Waals surface area (Å²) in [6, 6.07) is 6.91. The summed E-state index contributed by atoms with van der Waals surface area (Å²) in [4.78, 5) is 12.3. The quantitative estimate of drug-likeness (QED) is 0.592. The van der Waals surface area contributed by atoms with E-state index in [2.05, 4.69) is 5.32 Å². The van der Waals surface area contributed by atoms with Crippen LogP contribution in [0, 0.1) is 12.7 Å². The van der Waals surface area contributed by atoms with Gasteiger partial charge in [0.25, 0.3) is 5.91 Å². The van der Waals surface area contributed by atoms with Crippen LogP contribution in [0.15, 0.2) is 41.3 Å². The van der Waals surface area contributed by atoms with E-state index in [0.717, 1.165) is 22.5 Å². The van der Waals surface area contributed by atoms with Crippen LogP contribution in [0.2, 0.25) is 0 Å². The summed E-state index contributed by atoms with van der Waals surface area (Å²) in [6.45, 7) is 3.68. The Morgan fingerprint density at radius 2 is 1.74 bits per heavy atom. The van der Waals surface area contributed by atoms with Gasteiger partial charge in [-0.3, -0.25) is 4.79 Å². The van der Waals surface area contributed by atoms with Crippen LogP contribution in [-0.2, 0) is 10.0 Å². The Hall–Kier alpha value is -2.66. The standard InChI is InChI=1S/C20H22F4N2O4S/c1-4-26(5-2)31(28,29)14-7-8-16(21)15(11-14)19(27)25-17-9-6-13(3)10-18(17)30-12-20(22,23)24/h6-11H,4-5,12H2,1-3H3,(H,25,27). The van der Waals surface area contributed by atoms with Crippen molar-refractivity contribution in [1.82, 2.24) is 4.31 Å². The highest BCUT2D eigenvalue weighted by molar-refractivity contribution is 7.89. The fourth-order valence-electron chi connectivity index (χ4n) is 2.75. The van der Waals surface area contributed by atoms with Gasteiger partial charge in [-0.25, -0.2) is 12.8 Å². The Kier molecular flexibility index (Phi) is 7.66.